The van der Waals surface area contributed by atoms with Gasteiger partial charge in [0.1, 0.15) is 5.82 Å². The van der Waals surface area contributed by atoms with Crippen molar-refractivity contribution in [3.05, 3.63) is 22.2 Å². The van der Waals surface area contributed by atoms with E-state index in [1.807, 2.05) is 11.8 Å². The minimum atomic E-state index is -0.383. The lowest BCUT2D eigenvalue weighted by Gasteiger charge is -2.33. The van der Waals surface area contributed by atoms with E-state index in [0.29, 0.717) is 24.8 Å². The molecule has 1 unspecified atom stereocenters. The van der Waals surface area contributed by atoms with Gasteiger partial charge in [-0.25, -0.2) is 4.98 Å². The number of nitrogens with one attached hydrogen (secondary N) is 1. The van der Waals surface area contributed by atoms with E-state index in [1.165, 1.54) is 6.07 Å². The molecular weight excluding hydrogens is 260 g/mol. The highest BCUT2D eigenvalue weighted by molar-refractivity contribution is 5.62. The fourth-order valence-electron chi connectivity index (χ4n) is 2.46. The van der Waals surface area contributed by atoms with Crippen LogP contribution in [0.2, 0.25) is 0 Å². The van der Waals surface area contributed by atoms with Gasteiger partial charge in [-0.15, -0.1) is 0 Å². The van der Waals surface area contributed by atoms with E-state index < -0.39 is 0 Å². The standard InChI is InChI=1S/C13H20N4O3/c1-3-20-10-5-4-8-16(9-10)13-11(17(18)19)6-7-12(14-2)15-13/h6-7,10H,3-5,8-9H2,1-2H3,(H,14,15). The number of aromatic nitrogens is 1. The van der Waals surface area contributed by atoms with E-state index in [-0.39, 0.29) is 16.7 Å². The molecule has 7 nitrogen and oxygen atoms in total. The van der Waals surface area contributed by atoms with E-state index in [2.05, 4.69) is 10.3 Å². The summed E-state index contributed by atoms with van der Waals surface area (Å²) < 4.78 is 5.64. The zero-order valence-electron chi connectivity index (χ0n) is 11.8. The third-order valence-corrected chi connectivity index (χ3v) is 3.39. The molecule has 2 rings (SSSR count). The van der Waals surface area contributed by atoms with Gasteiger partial charge in [-0.2, -0.15) is 0 Å². The topological polar surface area (TPSA) is 80.5 Å². The Labute approximate surface area is 118 Å². The molecule has 20 heavy (non-hydrogen) atoms. The first-order valence-electron chi connectivity index (χ1n) is 6.85. The van der Waals surface area contributed by atoms with E-state index in [1.54, 1.807) is 13.1 Å². The van der Waals surface area contributed by atoms with Crippen LogP contribution in [0.5, 0.6) is 0 Å². The summed E-state index contributed by atoms with van der Waals surface area (Å²) in [5.41, 5.74) is 0.0427. The van der Waals surface area contributed by atoms with Gasteiger partial charge >= 0.3 is 5.69 Å². The second-order valence-electron chi connectivity index (χ2n) is 4.71. The molecule has 0 spiro atoms. The number of rotatable bonds is 5. The minimum Gasteiger partial charge on any atom is -0.377 e. The van der Waals surface area contributed by atoms with Gasteiger partial charge in [-0.3, -0.25) is 10.1 Å². The average molecular weight is 280 g/mol. The van der Waals surface area contributed by atoms with Crippen LogP contribution in [-0.2, 0) is 4.74 Å². The van der Waals surface area contributed by atoms with E-state index in [0.717, 1.165) is 19.4 Å². The second kappa shape index (κ2) is 6.51. The molecule has 1 fully saturated rings. The van der Waals surface area contributed by atoms with Crippen molar-refractivity contribution in [3.8, 4) is 0 Å². The summed E-state index contributed by atoms with van der Waals surface area (Å²) in [6, 6.07) is 3.12. The predicted molar refractivity (Wildman–Crippen MR) is 77.3 cm³/mol. The third-order valence-electron chi connectivity index (χ3n) is 3.39. The van der Waals surface area contributed by atoms with Crippen LogP contribution in [0.25, 0.3) is 0 Å². The van der Waals surface area contributed by atoms with Crippen molar-refractivity contribution in [2.45, 2.75) is 25.9 Å². The van der Waals surface area contributed by atoms with Crippen molar-refractivity contribution < 1.29 is 9.66 Å². The van der Waals surface area contributed by atoms with Crippen LogP contribution in [0.4, 0.5) is 17.3 Å². The maximum absolute atomic E-state index is 11.2. The zero-order valence-corrected chi connectivity index (χ0v) is 11.8. The molecule has 110 valence electrons. The lowest BCUT2D eigenvalue weighted by Crippen LogP contribution is -2.40. The molecule has 1 aromatic rings. The molecule has 1 saturated heterocycles. The van der Waals surface area contributed by atoms with E-state index in [9.17, 15) is 10.1 Å². The number of piperidine rings is 1. The number of hydrogen-bond acceptors (Lipinski definition) is 6. The highest BCUT2D eigenvalue weighted by Gasteiger charge is 2.27. The third kappa shape index (κ3) is 3.16. The predicted octanol–water partition coefficient (Wildman–Crippen LogP) is 2.04. The van der Waals surface area contributed by atoms with Crippen molar-refractivity contribution in [1.82, 2.24) is 4.98 Å². The minimum absolute atomic E-state index is 0.0427. The highest BCUT2D eigenvalue weighted by atomic mass is 16.6. The number of nitrogens with zero attached hydrogens (tertiary/aromatic N) is 3. The fraction of sp³-hybridized carbons (Fsp3) is 0.615. The Morgan fingerprint density at radius 1 is 1.60 bits per heavy atom. The average Bonchev–Trinajstić information content (AvgIpc) is 2.47. The molecule has 1 N–H and O–H groups in total. The quantitative estimate of drug-likeness (QED) is 0.656. The largest absolute Gasteiger partial charge is 0.377 e. The molecule has 7 heteroatoms. The Hall–Kier alpha value is -1.89. The van der Waals surface area contributed by atoms with Crippen LogP contribution in [0.15, 0.2) is 12.1 Å². The van der Waals surface area contributed by atoms with Crippen LogP contribution in [-0.4, -0.2) is 42.8 Å². The van der Waals surface area contributed by atoms with Gasteiger partial charge in [0.25, 0.3) is 0 Å². The Kier molecular flexibility index (Phi) is 4.73. The SMILES string of the molecule is CCOC1CCCN(c2nc(NC)ccc2[N+](=O)[O-])C1. The summed E-state index contributed by atoms with van der Waals surface area (Å²) in [6.45, 7) is 4.03. The van der Waals surface area contributed by atoms with Gasteiger partial charge < -0.3 is 15.0 Å². The van der Waals surface area contributed by atoms with Crippen LogP contribution in [0, 0.1) is 10.1 Å². The molecule has 0 bridgehead atoms. The number of hydrogen-bond donors (Lipinski definition) is 1. The smallest absolute Gasteiger partial charge is 0.311 e. The van der Waals surface area contributed by atoms with Gasteiger partial charge in [0.2, 0.25) is 5.82 Å². The van der Waals surface area contributed by atoms with Crippen molar-refractivity contribution in [3.63, 3.8) is 0 Å². The number of nitro groups is 1. The lowest BCUT2D eigenvalue weighted by atomic mass is 10.1. The lowest BCUT2D eigenvalue weighted by molar-refractivity contribution is -0.384. The van der Waals surface area contributed by atoms with Crippen LogP contribution in [0.1, 0.15) is 19.8 Å². The molecule has 0 aliphatic carbocycles. The summed E-state index contributed by atoms with van der Waals surface area (Å²) in [5.74, 6) is 1.05. The molecule has 0 saturated carbocycles. The van der Waals surface area contributed by atoms with Crippen LogP contribution >= 0.6 is 0 Å². The summed E-state index contributed by atoms with van der Waals surface area (Å²) in [4.78, 5) is 17.1. The maximum Gasteiger partial charge on any atom is 0.311 e. The normalized spacial score (nSPS) is 18.9. The Morgan fingerprint density at radius 2 is 2.40 bits per heavy atom. The van der Waals surface area contributed by atoms with Gasteiger partial charge in [0, 0.05) is 32.8 Å². The number of pyridine rings is 1. The molecule has 1 aliphatic heterocycles. The van der Waals surface area contributed by atoms with Crippen LogP contribution in [0.3, 0.4) is 0 Å². The first-order valence-corrected chi connectivity index (χ1v) is 6.85. The fourth-order valence-corrected chi connectivity index (χ4v) is 2.46. The Balaban J connectivity index is 2.27. The molecule has 1 aromatic heterocycles. The Bertz CT molecular complexity index is 479. The van der Waals surface area contributed by atoms with Crippen molar-refractivity contribution in [2.24, 2.45) is 0 Å². The first kappa shape index (κ1) is 14.5. The molecule has 0 amide bonds. The first-order chi connectivity index (χ1) is 9.65. The van der Waals surface area contributed by atoms with Gasteiger partial charge in [0.05, 0.1) is 11.0 Å². The highest BCUT2D eigenvalue weighted by Crippen LogP contribution is 2.30. The summed E-state index contributed by atoms with van der Waals surface area (Å²) >= 11 is 0. The maximum atomic E-state index is 11.2. The molecule has 0 aromatic carbocycles. The monoisotopic (exact) mass is 280 g/mol. The van der Waals surface area contributed by atoms with Crippen molar-refractivity contribution in [1.29, 1.82) is 0 Å². The number of ether oxygens (including phenoxy) is 1. The summed E-state index contributed by atoms with van der Waals surface area (Å²) in [6.07, 6.45) is 2.06. The van der Waals surface area contributed by atoms with Gasteiger partial charge in [-0.05, 0) is 25.8 Å². The molecular formula is C13H20N4O3. The zero-order chi connectivity index (χ0) is 14.5. The molecule has 0 radical (unpaired) electrons. The van der Waals surface area contributed by atoms with E-state index >= 15 is 0 Å². The van der Waals surface area contributed by atoms with Crippen molar-refractivity contribution >= 4 is 17.3 Å². The van der Waals surface area contributed by atoms with Gasteiger partial charge in [-0.1, -0.05) is 0 Å². The van der Waals surface area contributed by atoms with Crippen LogP contribution < -0.4 is 10.2 Å². The summed E-state index contributed by atoms with van der Waals surface area (Å²) in [5, 5.41) is 14.1. The summed E-state index contributed by atoms with van der Waals surface area (Å²) in [7, 11) is 1.75. The molecule has 1 aliphatic rings. The number of anilines is 2. The van der Waals surface area contributed by atoms with E-state index in [4.69, 9.17) is 4.74 Å². The Morgan fingerprint density at radius 3 is 3.05 bits per heavy atom. The molecule has 2 heterocycles. The molecule has 1 atom stereocenters. The van der Waals surface area contributed by atoms with Gasteiger partial charge in [0.15, 0.2) is 0 Å². The second-order valence-corrected chi connectivity index (χ2v) is 4.71. The van der Waals surface area contributed by atoms with Crippen molar-refractivity contribution in [2.75, 3.05) is 37.0 Å².